The Kier molecular flexibility index (Phi) is 5.58. The largest absolute Gasteiger partial charge is 0.508 e. The van der Waals surface area contributed by atoms with Gasteiger partial charge in [0.05, 0.1) is 16.1 Å². The van der Waals surface area contributed by atoms with Crippen molar-refractivity contribution in [3.05, 3.63) is 38.6 Å². The third-order valence-electron chi connectivity index (χ3n) is 7.13. The molecule has 0 bridgehead atoms. The lowest BCUT2D eigenvalue weighted by Gasteiger charge is -2.50. The van der Waals surface area contributed by atoms with Gasteiger partial charge in [-0.25, -0.2) is 0 Å². The molecule has 1 aromatic rings. The number of hydrogen-bond acceptors (Lipinski definition) is 9. The molecule has 182 valence electrons. The third kappa shape index (κ3) is 3.03. The number of primary amides is 1. The minimum Gasteiger partial charge on any atom is -0.508 e. The number of likely N-dealkylation sites (N-methyl/N-ethyl adjacent to an activating group) is 1. The lowest BCUT2D eigenvalue weighted by Crippen LogP contribution is -2.65. The van der Waals surface area contributed by atoms with Crippen LogP contribution in [-0.2, 0) is 20.8 Å². The molecule has 1 fully saturated rings. The summed E-state index contributed by atoms with van der Waals surface area (Å²) in [6, 6.07) is 0.595. The maximum absolute atomic E-state index is 13.8. The van der Waals surface area contributed by atoms with Crippen LogP contribution in [0.5, 0.6) is 5.75 Å². The molecule has 0 radical (unpaired) electrons. The number of Topliss-reactive ketones (excluding diaryl/α,β-unsaturated/α-hetero) is 2. The van der Waals surface area contributed by atoms with E-state index in [-0.39, 0.29) is 29.7 Å². The topological polar surface area (TPSA) is 165 Å². The molecule has 4 atom stereocenters. The van der Waals surface area contributed by atoms with Crippen LogP contribution in [0.25, 0.3) is 5.76 Å². The number of anilines is 1. The number of rotatable bonds is 3. The number of halogens is 1. The van der Waals surface area contributed by atoms with Crippen LogP contribution in [0.15, 0.2) is 27.4 Å². The molecule has 0 unspecified atom stereocenters. The molecule has 1 aromatic carbocycles. The minimum atomic E-state index is -2.64. The summed E-state index contributed by atoms with van der Waals surface area (Å²) in [6.07, 6.45) is 0.290. The summed E-state index contributed by atoms with van der Waals surface area (Å²) in [6.45, 7) is 0. The van der Waals surface area contributed by atoms with Gasteiger partial charge in [0.2, 0.25) is 5.78 Å². The number of amides is 1. The highest BCUT2D eigenvalue weighted by Gasteiger charge is 2.64. The molecule has 1 amide bonds. The maximum atomic E-state index is 13.8. The van der Waals surface area contributed by atoms with Crippen LogP contribution in [0.3, 0.4) is 0 Å². The van der Waals surface area contributed by atoms with E-state index in [4.69, 9.17) is 5.73 Å². The van der Waals surface area contributed by atoms with E-state index in [1.165, 1.54) is 4.90 Å². The number of benzene rings is 1. The molecule has 0 spiro atoms. The predicted octanol–water partition coefficient (Wildman–Crippen LogP) is 0.792. The molecule has 6 N–H and O–H groups in total. The van der Waals surface area contributed by atoms with Crippen molar-refractivity contribution in [1.29, 1.82) is 0 Å². The molecular weight excluding hydrogens is 510 g/mol. The second-order valence-corrected chi connectivity index (χ2v) is 10.3. The fourth-order valence-electron chi connectivity index (χ4n) is 5.66. The highest BCUT2D eigenvalue weighted by Crippen LogP contribution is 2.54. The van der Waals surface area contributed by atoms with Gasteiger partial charge in [-0.15, -0.1) is 0 Å². The van der Waals surface area contributed by atoms with E-state index in [2.05, 4.69) is 15.9 Å². The van der Waals surface area contributed by atoms with Crippen molar-refractivity contribution in [3.8, 4) is 5.75 Å². The normalized spacial score (nSPS) is 28.6. The second-order valence-electron chi connectivity index (χ2n) is 9.44. The van der Waals surface area contributed by atoms with Crippen LogP contribution in [0, 0.1) is 11.8 Å². The first-order chi connectivity index (χ1) is 15.7. The van der Waals surface area contributed by atoms with Crippen LogP contribution >= 0.6 is 15.9 Å². The molecule has 0 aromatic heterocycles. The maximum Gasteiger partial charge on any atom is 0.255 e. The minimum absolute atomic E-state index is 0.0503. The van der Waals surface area contributed by atoms with Gasteiger partial charge in [-0.05, 0) is 60.4 Å². The van der Waals surface area contributed by atoms with Crippen LogP contribution in [-0.4, -0.2) is 82.6 Å². The van der Waals surface area contributed by atoms with Crippen molar-refractivity contribution in [2.75, 3.05) is 33.1 Å². The molecule has 11 heteroatoms. The van der Waals surface area contributed by atoms with Gasteiger partial charge in [-0.3, -0.25) is 19.3 Å². The number of nitrogens with two attached hydrogens (primary N) is 1. The SMILES string of the molecule is CN(C)c1cc(Br)c(O)c2c1C[C@H]1C[C@H]3[C@H](N(C)C)C(=O)C(C(N)=O)=C(O)[C@@]3(O)C(=O)C1=C2O. The molecule has 4 rings (SSSR count). The molecule has 0 aliphatic heterocycles. The summed E-state index contributed by atoms with van der Waals surface area (Å²) in [7, 11) is 6.73. The fraction of sp³-hybridized carbons (Fsp3) is 0.435. The number of carbonyl (C=O) groups excluding carboxylic acids is 3. The monoisotopic (exact) mass is 535 g/mol. The lowest BCUT2D eigenvalue weighted by atomic mass is 9.57. The molecule has 0 saturated heterocycles. The summed E-state index contributed by atoms with van der Waals surface area (Å²) in [5, 5.41) is 44.3. The van der Waals surface area contributed by atoms with Gasteiger partial charge in [-0.2, -0.15) is 0 Å². The van der Waals surface area contributed by atoms with E-state index >= 15 is 0 Å². The zero-order valence-electron chi connectivity index (χ0n) is 19.1. The van der Waals surface area contributed by atoms with Crippen molar-refractivity contribution in [3.63, 3.8) is 0 Å². The van der Waals surface area contributed by atoms with E-state index in [9.17, 15) is 34.8 Å². The molecule has 3 aliphatic carbocycles. The third-order valence-corrected chi connectivity index (χ3v) is 7.74. The Morgan fingerprint density at radius 1 is 1.18 bits per heavy atom. The second kappa shape index (κ2) is 7.82. The van der Waals surface area contributed by atoms with Crippen LogP contribution in [0.1, 0.15) is 17.5 Å². The standard InChI is InChI=1S/C23H26BrN3O7/c1-26(2)12-7-11(24)17(28)14-9(12)5-8-6-10-16(27(3)4)19(30)15(22(25)33)21(32)23(10,34)20(31)13(8)18(14)29/h7-8,10,16,28-29,32,34H,5-6H2,1-4H3,(H2,25,33)/t8-,10-,16-,23-/m0/s1. The number of aliphatic hydroxyl groups excluding tert-OH is 2. The first-order valence-electron chi connectivity index (χ1n) is 10.6. The van der Waals surface area contributed by atoms with Gasteiger partial charge in [0, 0.05) is 31.3 Å². The van der Waals surface area contributed by atoms with E-state index in [0.29, 0.717) is 15.7 Å². The summed E-state index contributed by atoms with van der Waals surface area (Å²) in [4.78, 5) is 42.1. The van der Waals surface area contributed by atoms with E-state index < -0.39 is 58.0 Å². The molecule has 3 aliphatic rings. The van der Waals surface area contributed by atoms with Crippen molar-refractivity contribution in [2.45, 2.75) is 24.5 Å². The number of hydrogen-bond donors (Lipinski definition) is 5. The van der Waals surface area contributed by atoms with Crippen LogP contribution < -0.4 is 10.6 Å². The Morgan fingerprint density at radius 3 is 2.32 bits per heavy atom. The lowest BCUT2D eigenvalue weighted by molar-refractivity contribution is -0.153. The number of fused-ring (bicyclic) bond motifs is 3. The smallest absolute Gasteiger partial charge is 0.255 e. The fourth-order valence-corrected chi connectivity index (χ4v) is 6.07. The number of phenols is 1. The number of carbonyl (C=O) groups is 3. The first-order valence-corrected chi connectivity index (χ1v) is 11.4. The average Bonchev–Trinajstić information content (AvgIpc) is 2.72. The van der Waals surface area contributed by atoms with Gasteiger partial charge in [0.15, 0.2) is 11.4 Å². The Balaban J connectivity index is 2.01. The van der Waals surface area contributed by atoms with Gasteiger partial charge in [-0.1, -0.05) is 0 Å². The first kappa shape index (κ1) is 24.2. The Labute approximate surface area is 204 Å². The average molecular weight is 536 g/mol. The molecule has 10 nitrogen and oxygen atoms in total. The van der Waals surface area contributed by atoms with Gasteiger partial charge in [0.25, 0.3) is 5.91 Å². The zero-order chi connectivity index (χ0) is 25.4. The van der Waals surface area contributed by atoms with Crippen molar-refractivity contribution in [2.24, 2.45) is 17.6 Å². The number of aliphatic hydroxyl groups is 3. The zero-order valence-corrected chi connectivity index (χ0v) is 20.7. The van der Waals surface area contributed by atoms with E-state index in [0.717, 1.165) is 0 Å². The number of ketones is 2. The quantitative estimate of drug-likeness (QED) is 0.352. The number of nitrogens with zero attached hydrogens (tertiary/aromatic N) is 2. The van der Waals surface area contributed by atoms with E-state index in [1.54, 1.807) is 34.3 Å². The summed E-state index contributed by atoms with van der Waals surface area (Å²) >= 11 is 3.27. The number of aromatic hydroxyl groups is 1. The van der Waals surface area contributed by atoms with Gasteiger partial charge < -0.3 is 31.1 Å². The van der Waals surface area contributed by atoms with Crippen LogP contribution in [0.4, 0.5) is 5.69 Å². The molecular formula is C23H26BrN3O7. The Hall–Kier alpha value is -2.89. The van der Waals surface area contributed by atoms with Crippen LogP contribution in [0.2, 0.25) is 0 Å². The predicted molar refractivity (Wildman–Crippen MR) is 126 cm³/mol. The van der Waals surface area contributed by atoms with Crippen molar-refractivity contribution in [1.82, 2.24) is 4.90 Å². The molecule has 34 heavy (non-hydrogen) atoms. The van der Waals surface area contributed by atoms with E-state index in [1.807, 2.05) is 4.90 Å². The Bertz CT molecular complexity index is 1220. The summed E-state index contributed by atoms with van der Waals surface area (Å²) in [5.74, 6) is -6.66. The summed E-state index contributed by atoms with van der Waals surface area (Å²) in [5.41, 5.74) is 3.04. The van der Waals surface area contributed by atoms with Gasteiger partial charge >= 0.3 is 0 Å². The molecule has 0 heterocycles. The highest BCUT2D eigenvalue weighted by atomic mass is 79.9. The highest BCUT2D eigenvalue weighted by molar-refractivity contribution is 9.10. The van der Waals surface area contributed by atoms with Gasteiger partial charge in [0.1, 0.15) is 22.8 Å². The Morgan fingerprint density at radius 2 is 1.79 bits per heavy atom. The number of phenolic OH excluding ortho intramolecular Hbond substituents is 1. The molecule has 1 saturated carbocycles. The summed E-state index contributed by atoms with van der Waals surface area (Å²) < 4.78 is 0.301. The van der Waals surface area contributed by atoms with Crippen molar-refractivity contribution >= 4 is 44.9 Å². The van der Waals surface area contributed by atoms with Crippen molar-refractivity contribution < 1.29 is 34.8 Å².